The normalized spacial score (nSPS) is 10.8. The van der Waals surface area contributed by atoms with Crippen molar-refractivity contribution in [2.24, 2.45) is 4.99 Å². The summed E-state index contributed by atoms with van der Waals surface area (Å²) in [6.45, 7) is 8.87. The smallest absolute Gasteiger partial charge is 0.191 e. The highest BCUT2D eigenvalue weighted by Gasteiger charge is 2.02. The van der Waals surface area contributed by atoms with Crippen LogP contribution in [0.25, 0.3) is 0 Å². The monoisotopic (exact) mass is 454 g/mol. The Kier molecular flexibility index (Phi) is 9.91. The van der Waals surface area contributed by atoms with Crippen molar-refractivity contribution >= 4 is 29.9 Å². The zero-order valence-corrected chi connectivity index (χ0v) is 17.4. The molecule has 2 rings (SSSR count). The fourth-order valence-electron chi connectivity index (χ4n) is 2.32. The first-order chi connectivity index (χ1) is 11.7. The van der Waals surface area contributed by atoms with Gasteiger partial charge in [0.25, 0.3) is 0 Å². The molecule has 0 aliphatic heterocycles. The Morgan fingerprint density at radius 2 is 2.00 bits per heavy atom. The molecule has 0 saturated carbocycles. The van der Waals surface area contributed by atoms with Crippen molar-refractivity contribution < 1.29 is 4.74 Å². The van der Waals surface area contributed by atoms with E-state index >= 15 is 0 Å². The number of aliphatic imine (C=N–C) groups is 1. The van der Waals surface area contributed by atoms with Gasteiger partial charge in [-0.2, -0.15) is 0 Å². The van der Waals surface area contributed by atoms with Crippen LogP contribution in [0.5, 0.6) is 5.75 Å². The van der Waals surface area contributed by atoms with E-state index in [1.165, 1.54) is 0 Å². The average molecular weight is 454 g/mol. The van der Waals surface area contributed by atoms with E-state index in [4.69, 9.17) is 4.74 Å². The maximum atomic E-state index is 5.58. The van der Waals surface area contributed by atoms with Crippen molar-refractivity contribution in [3.8, 4) is 5.75 Å². The summed E-state index contributed by atoms with van der Waals surface area (Å²) in [4.78, 5) is 8.95. The minimum atomic E-state index is 0. The van der Waals surface area contributed by atoms with Crippen molar-refractivity contribution in [3.63, 3.8) is 0 Å². The highest BCUT2D eigenvalue weighted by molar-refractivity contribution is 14.0. The lowest BCUT2D eigenvalue weighted by Crippen LogP contribution is -2.37. The van der Waals surface area contributed by atoms with Gasteiger partial charge in [0.15, 0.2) is 5.96 Å². The Labute approximate surface area is 167 Å². The van der Waals surface area contributed by atoms with E-state index in [1.54, 1.807) is 6.20 Å². The molecular weight excluding hydrogens is 427 g/mol. The molecule has 136 valence electrons. The first kappa shape index (κ1) is 21.2. The highest BCUT2D eigenvalue weighted by atomic mass is 127. The number of pyridine rings is 1. The predicted octanol–water partition coefficient (Wildman–Crippen LogP) is 3.66. The van der Waals surface area contributed by atoms with Crippen molar-refractivity contribution in [1.82, 2.24) is 15.6 Å². The lowest BCUT2D eigenvalue weighted by molar-refractivity contribution is 0.338. The van der Waals surface area contributed by atoms with Crippen LogP contribution in [0.15, 0.2) is 47.6 Å². The van der Waals surface area contributed by atoms with Crippen LogP contribution in [0.3, 0.4) is 0 Å². The number of hydrogen-bond acceptors (Lipinski definition) is 3. The number of hydrogen-bond donors (Lipinski definition) is 2. The molecule has 6 heteroatoms. The van der Waals surface area contributed by atoms with E-state index in [0.29, 0.717) is 19.7 Å². The molecule has 0 atom stereocenters. The number of nitrogens with one attached hydrogen (secondary N) is 2. The molecule has 0 radical (unpaired) electrons. The summed E-state index contributed by atoms with van der Waals surface area (Å²) in [6, 6.07) is 12.1. The summed E-state index contributed by atoms with van der Waals surface area (Å²) in [5.41, 5.74) is 3.28. The molecule has 1 heterocycles. The molecule has 0 aliphatic carbocycles. The third kappa shape index (κ3) is 7.29. The molecular formula is C19H27IN4O. The van der Waals surface area contributed by atoms with Crippen LogP contribution >= 0.6 is 24.0 Å². The van der Waals surface area contributed by atoms with Crippen LogP contribution in [0.1, 0.15) is 30.7 Å². The standard InChI is InChI=1S/C19H26N4O.HI/c1-4-20-19(23-14-17-8-6-7-11-21-17)22-13-16-9-10-18(24-5-2)15(3)12-16;/h6-12H,4-5,13-14H2,1-3H3,(H2,20,22,23);1H. The minimum Gasteiger partial charge on any atom is -0.494 e. The maximum absolute atomic E-state index is 5.58. The quantitative estimate of drug-likeness (QED) is 0.381. The van der Waals surface area contributed by atoms with Gasteiger partial charge in [0, 0.05) is 12.7 Å². The zero-order valence-electron chi connectivity index (χ0n) is 15.1. The Bertz CT molecular complexity index is 662. The molecule has 0 bridgehead atoms. The van der Waals surface area contributed by atoms with E-state index < -0.39 is 0 Å². The van der Waals surface area contributed by atoms with Gasteiger partial charge in [-0.05, 0) is 50.1 Å². The number of benzene rings is 1. The second kappa shape index (κ2) is 11.7. The van der Waals surface area contributed by atoms with Crippen molar-refractivity contribution in [2.75, 3.05) is 13.2 Å². The summed E-state index contributed by atoms with van der Waals surface area (Å²) in [5.74, 6) is 1.72. The summed E-state index contributed by atoms with van der Waals surface area (Å²) < 4.78 is 5.58. The van der Waals surface area contributed by atoms with Crippen LogP contribution in [0.4, 0.5) is 0 Å². The lowest BCUT2D eigenvalue weighted by atomic mass is 10.1. The van der Waals surface area contributed by atoms with Gasteiger partial charge in [-0.25, -0.2) is 4.99 Å². The van der Waals surface area contributed by atoms with Crippen molar-refractivity contribution in [3.05, 3.63) is 59.4 Å². The van der Waals surface area contributed by atoms with Crippen LogP contribution in [-0.4, -0.2) is 24.1 Å². The Balaban J connectivity index is 0.00000312. The van der Waals surface area contributed by atoms with Gasteiger partial charge < -0.3 is 15.4 Å². The van der Waals surface area contributed by atoms with E-state index in [0.717, 1.165) is 35.1 Å². The third-order valence-corrected chi connectivity index (χ3v) is 3.47. The largest absolute Gasteiger partial charge is 0.494 e. The average Bonchev–Trinajstić information content (AvgIpc) is 2.60. The number of rotatable bonds is 7. The highest BCUT2D eigenvalue weighted by Crippen LogP contribution is 2.19. The molecule has 0 aliphatic rings. The van der Waals surface area contributed by atoms with Gasteiger partial charge in [-0.3, -0.25) is 4.98 Å². The summed E-state index contributed by atoms with van der Waals surface area (Å²) in [7, 11) is 0. The molecule has 0 amide bonds. The molecule has 25 heavy (non-hydrogen) atoms. The SMILES string of the molecule is CCNC(=NCc1ccc(OCC)c(C)c1)NCc1ccccn1.I. The molecule has 2 N–H and O–H groups in total. The predicted molar refractivity (Wildman–Crippen MR) is 114 cm³/mol. The number of nitrogens with zero attached hydrogens (tertiary/aromatic N) is 2. The van der Waals surface area contributed by atoms with Gasteiger partial charge in [-0.15, -0.1) is 24.0 Å². The van der Waals surface area contributed by atoms with E-state index in [9.17, 15) is 0 Å². The molecule has 0 saturated heterocycles. The second-order valence-corrected chi connectivity index (χ2v) is 5.40. The van der Waals surface area contributed by atoms with Gasteiger partial charge in [0.2, 0.25) is 0 Å². The molecule has 5 nitrogen and oxygen atoms in total. The summed E-state index contributed by atoms with van der Waals surface area (Å²) >= 11 is 0. The Morgan fingerprint density at radius 1 is 1.16 bits per heavy atom. The number of aromatic nitrogens is 1. The molecule has 1 aromatic heterocycles. The number of aryl methyl sites for hydroxylation is 1. The van der Waals surface area contributed by atoms with Gasteiger partial charge in [-0.1, -0.05) is 18.2 Å². The van der Waals surface area contributed by atoms with Gasteiger partial charge in [0.05, 0.1) is 25.4 Å². The zero-order chi connectivity index (χ0) is 17.2. The van der Waals surface area contributed by atoms with Crippen molar-refractivity contribution in [2.45, 2.75) is 33.9 Å². The number of guanidine groups is 1. The van der Waals surface area contributed by atoms with Crippen LogP contribution in [0.2, 0.25) is 0 Å². The molecule has 2 aromatic rings. The van der Waals surface area contributed by atoms with Gasteiger partial charge >= 0.3 is 0 Å². The van der Waals surface area contributed by atoms with Crippen LogP contribution in [0, 0.1) is 6.92 Å². The minimum absolute atomic E-state index is 0. The van der Waals surface area contributed by atoms with E-state index in [-0.39, 0.29) is 24.0 Å². The maximum Gasteiger partial charge on any atom is 0.191 e. The fourth-order valence-corrected chi connectivity index (χ4v) is 2.32. The van der Waals surface area contributed by atoms with Crippen molar-refractivity contribution in [1.29, 1.82) is 0 Å². The number of halogens is 1. The Morgan fingerprint density at radius 3 is 2.64 bits per heavy atom. The van der Waals surface area contributed by atoms with Gasteiger partial charge in [0.1, 0.15) is 5.75 Å². The molecule has 0 unspecified atom stereocenters. The first-order valence-electron chi connectivity index (χ1n) is 8.37. The molecule has 1 aromatic carbocycles. The van der Waals surface area contributed by atoms with Crippen LogP contribution in [-0.2, 0) is 13.1 Å². The number of ether oxygens (including phenoxy) is 1. The lowest BCUT2D eigenvalue weighted by Gasteiger charge is -2.12. The second-order valence-electron chi connectivity index (χ2n) is 5.40. The Hall–Kier alpha value is -1.83. The molecule has 0 fully saturated rings. The first-order valence-corrected chi connectivity index (χ1v) is 8.37. The van der Waals surface area contributed by atoms with E-state index in [2.05, 4.69) is 46.6 Å². The summed E-state index contributed by atoms with van der Waals surface area (Å²) in [6.07, 6.45) is 1.80. The topological polar surface area (TPSA) is 58.5 Å². The third-order valence-electron chi connectivity index (χ3n) is 3.47. The van der Waals surface area contributed by atoms with E-state index in [1.807, 2.05) is 31.2 Å². The fraction of sp³-hybridized carbons (Fsp3) is 0.368. The molecule has 0 spiro atoms. The van der Waals surface area contributed by atoms with Crippen LogP contribution < -0.4 is 15.4 Å². The summed E-state index contributed by atoms with van der Waals surface area (Å²) in [5, 5.41) is 6.56.